The van der Waals surface area contributed by atoms with E-state index < -0.39 is 0 Å². The Bertz CT molecular complexity index is 482. The van der Waals surface area contributed by atoms with Crippen molar-refractivity contribution < 1.29 is 4.74 Å². The van der Waals surface area contributed by atoms with Gasteiger partial charge in [-0.25, -0.2) is 0 Å². The quantitative estimate of drug-likeness (QED) is 0.858. The van der Waals surface area contributed by atoms with Gasteiger partial charge < -0.3 is 15.4 Å². The van der Waals surface area contributed by atoms with Crippen LogP contribution < -0.4 is 15.4 Å². The van der Waals surface area contributed by atoms with Crippen LogP contribution in [0, 0.1) is 5.92 Å². The van der Waals surface area contributed by atoms with E-state index in [1.165, 1.54) is 19.4 Å². The van der Waals surface area contributed by atoms with Gasteiger partial charge in [0, 0.05) is 32.7 Å². The van der Waals surface area contributed by atoms with Gasteiger partial charge in [0.1, 0.15) is 0 Å². The first-order valence-electron chi connectivity index (χ1n) is 7.75. The van der Waals surface area contributed by atoms with Crippen molar-refractivity contribution >= 4 is 11.9 Å². The number of ether oxygens (including phenoxy) is 1. The summed E-state index contributed by atoms with van der Waals surface area (Å²) in [5, 5.41) is 0. The second kappa shape index (κ2) is 6.01. The van der Waals surface area contributed by atoms with Gasteiger partial charge >= 0.3 is 6.01 Å². The van der Waals surface area contributed by atoms with E-state index in [1.807, 2.05) is 13.8 Å². The Hall–Kier alpha value is -1.63. The average Bonchev–Trinajstić information content (AvgIpc) is 3.22. The lowest BCUT2D eigenvalue weighted by Gasteiger charge is -2.34. The van der Waals surface area contributed by atoms with Crippen LogP contribution in [0.25, 0.3) is 0 Å². The molecule has 0 aromatic carbocycles. The standard InChI is InChI=1S/C14H24N6O/c1-10(2)21-14-17-12(15)16-13(18-14)20-7-5-19(6-8-20)9-11-3-4-11/h10-11H,3-9H2,1-2H3,(H2,15,16,17,18). The minimum atomic E-state index is 0.0232. The van der Waals surface area contributed by atoms with Gasteiger partial charge in [0.05, 0.1) is 6.10 Å². The monoisotopic (exact) mass is 292 g/mol. The Balaban J connectivity index is 1.62. The molecule has 7 heteroatoms. The van der Waals surface area contributed by atoms with Crippen molar-refractivity contribution in [1.82, 2.24) is 19.9 Å². The third kappa shape index (κ3) is 3.93. The molecule has 0 amide bonds. The summed E-state index contributed by atoms with van der Waals surface area (Å²) in [6, 6.07) is 0.313. The smallest absolute Gasteiger partial charge is 0.323 e. The van der Waals surface area contributed by atoms with Crippen molar-refractivity contribution in [2.75, 3.05) is 43.4 Å². The minimum Gasteiger partial charge on any atom is -0.461 e. The lowest BCUT2D eigenvalue weighted by atomic mass is 10.3. The number of rotatable bonds is 5. The average molecular weight is 292 g/mol. The first kappa shape index (κ1) is 14.3. The lowest BCUT2D eigenvalue weighted by molar-refractivity contribution is 0.221. The number of nitrogens with two attached hydrogens (primary N) is 1. The third-order valence-electron chi connectivity index (χ3n) is 3.83. The van der Waals surface area contributed by atoms with Crippen molar-refractivity contribution in [3.05, 3.63) is 0 Å². The molecule has 0 unspecified atom stereocenters. The maximum atomic E-state index is 5.76. The molecule has 1 saturated heterocycles. The molecule has 0 spiro atoms. The number of nitrogens with zero attached hydrogens (tertiary/aromatic N) is 5. The maximum absolute atomic E-state index is 5.76. The molecule has 0 bridgehead atoms. The zero-order chi connectivity index (χ0) is 14.8. The van der Waals surface area contributed by atoms with Crippen molar-refractivity contribution in [3.8, 4) is 6.01 Å². The Labute approximate surface area is 125 Å². The number of nitrogen functional groups attached to an aromatic ring is 1. The Kier molecular flexibility index (Phi) is 4.10. The SMILES string of the molecule is CC(C)Oc1nc(N)nc(N2CCN(CC3CC3)CC2)n1. The van der Waals surface area contributed by atoms with E-state index in [-0.39, 0.29) is 12.1 Å². The van der Waals surface area contributed by atoms with Crippen LogP contribution >= 0.6 is 0 Å². The van der Waals surface area contributed by atoms with Gasteiger partial charge in [0.25, 0.3) is 0 Å². The van der Waals surface area contributed by atoms with Gasteiger partial charge in [-0.05, 0) is 32.6 Å². The lowest BCUT2D eigenvalue weighted by Crippen LogP contribution is -2.47. The molecular weight excluding hydrogens is 268 g/mol. The van der Waals surface area contributed by atoms with Gasteiger partial charge in [-0.2, -0.15) is 15.0 Å². The molecule has 7 nitrogen and oxygen atoms in total. The fraction of sp³-hybridized carbons (Fsp3) is 0.786. The zero-order valence-corrected chi connectivity index (χ0v) is 12.8. The van der Waals surface area contributed by atoms with Crippen molar-refractivity contribution in [3.63, 3.8) is 0 Å². The van der Waals surface area contributed by atoms with Gasteiger partial charge in [-0.3, -0.25) is 4.90 Å². The first-order chi connectivity index (χ1) is 10.1. The van der Waals surface area contributed by atoms with E-state index in [1.54, 1.807) is 0 Å². The second-order valence-electron chi connectivity index (χ2n) is 6.17. The normalized spacial score (nSPS) is 20.0. The molecule has 116 valence electrons. The van der Waals surface area contributed by atoms with E-state index in [9.17, 15) is 0 Å². The van der Waals surface area contributed by atoms with Crippen LogP contribution in [0.3, 0.4) is 0 Å². The largest absolute Gasteiger partial charge is 0.461 e. The van der Waals surface area contributed by atoms with Gasteiger partial charge in [-0.15, -0.1) is 0 Å². The summed E-state index contributed by atoms with van der Waals surface area (Å²) in [6.07, 6.45) is 2.83. The molecule has 1 saturated carbocycles. The van der Waals surface area contributed by atoms with Crippen molar-refractivity contribution in [1.29, 1.82) is 0 Å². The highest BCUT2D eigenvalue weighted by atomic mass is 16.5. The molecule has 2 heterocycles. The summed E-state index contributed by atoms with van der Waals surface area (Å²) >= 11 is 0. The molecule has 2 fully saturated rings. The molecule has 0 atom stereocenters. The summed E-state index contributed by atoms with van der Waals surface area (Å²) in [6.45, 7) is 9.10. The van der Waals surface area contributed by atoms with E-state index >= 15 is 0 Å². The van der Waals surface area contributed by atoms with Gasteiger partial charge in [0.2, 0.25) is 11.9 Å². The van der Waals surface area contributed by atoms with Gasteiger partial charge in [0.15, 0.2) is 0 Å². The van der Waals surface area contributed by atoms with Crippen LogP contribution in [0.2, 0.25) is 0 Å². The molecule has 1 aromatic rings. The van der Waals surface area contributed by atoms with Crippen LogP contribution in [-0.2, 0) is 0 Å². The topological polar surface area (TPSA) is 80.4 Å². The summed E-state index contributed by atoms with van der Waals surface area (Å²) in [4.78, 5) is 17.3. The van der Waals surface area contributed by atoms with Crippen LogP contribution in [0.15, 0.2) is 0 Å². The Morgan fingerprint density at radius 1 is 1.14 bits per heavy atom. The van der Waals surface area contributed by atoms with Crippen LogP contribution in [0.5, 0.6) is 6.01 Å². The van der Waals surface area contributed by atoms with Crippen molar-refractivity contribution in [2.24, 2.45) is 5.92 Å². The van der Waals surface area contributed by atoms with E-state index in [0.717, 1.165) is 32.1 Å². The van der Waals surface area contributed by atoms with Gasteiger partial charge in [-0.1, -0.05) is 0 Å². The third-order valence-corrected chi connectivity index (χ3v) is 3.83. The summed E-state index contributed by atoms with van der Waals surface area (Å²) in [7, 11) is 0. The first-order valence-corrected chi connectivity index (χ1v) is 7.75. The van der Waals surface area contributed by atoms with E-state index in [0.29, 0.717) is 12.0 Å². The summed E-state index contributed by atoms with van der Waals surface area (Å²) < 4.78 is 5.53. The zero-order valence-electron chi connectivity index (χ0n) is 12.8. The van der Waals surface area contributed by atoms with Crippen LogP contribution in [0.1, 0.15) is 26.7 Å². The fourth-order valence-corrected chi connectivity index (χ4v) is 2.56. The molecule has 1 aromatic heterocycles. The minimum absolute atomic E-state index is 0.0232. The van der Waals surface area contributed by atoms with Crippen LogP contribution in [0.4, 0.5) is 11.9 Å². The number of hydrogen-bond acceptors (Lipinski definition) is 7. The molecule has 2 aliphatic rings. The molecular formula is C14H24N6O. The number of piperazine rings is 1. The molecule has 2 N–H and O–H groups in total. The highest BCUT2D eigenvalue weighted by Gasteiger charge is 2.27. The number of anilines is 2. The second-order valence-corrected chi connectivity index (χ2v) is 6.17. The van der Waals surface area contributed by atoms with Crippen molar-refractivity contribution in [2.45, 2.75) is 32.8 Å². The van der Waals surface area contributed by atoms with E-state index in [2.05, 4.69) is 24.8 Å². The van der Waals surface area contributed by atoms with E-state index in [4.69, 9.17) is 10.5 Å². The predicted octanol–water partition coefficient (Wildman–Crippen LogP) is 0.773. The molecule has 1 aliphatic carbocycles. The molecule has 0 radical (unpaired) electrons. The summed E-state index contributed by atoms with van der Waals surface area (Å²) in [5.74, 6) is 1.79. The molecule has 3 rings (SSSR count). The number of hydrogen-bond donors (Lipinski definition) is 1. The number of aromatic nitrogens is 3. The van der Waals surface area contributed by atoms with Crippen LogP contribution in [-0.4, -0.2) is 58.7 Å². The Morgan fingerprint density at radius 2 is 1.86 bits per heavy atom. The molecule has 21 heavy (non-hydrogen) atoms. The predicted molar refractivity (Wildman–Crippen MR) is 81.4 cm³/mol. The molecule has 1 aliphatic heterocycles. The highest BCUT2D eigenvalue weighted by molar-refractivity contribution is 5.36. The fourth-order valence-electron chi connectivity index (χ4n) is 2.56. The maximum Gasteiger partial charge on any atom is 0.323 e. The Morgan fingerprint density at radius 3 is 2.48 bits per heavy atom. The highest BCUT2D eigenvalue weighted by Crippen LogP contribution is 2.30. The summed E-state index contributed by atoms with van der Waals surface area (Å²) in [5.41, 5.74) is 5.76.